The van der Waals surface area contributed by atoms with Crippen molar-refractivity contribution in [1.29, 1.82) is 0 Å². The summed E-state index contributed by atoms with van der Waals surface area (Å²) < 4.78 is 10.5. The van der Waals surface area contributed by atoms with Gasteiger partial charge in [-0.15, -0.1) is 0 Å². The van der Waals surface area contributed by atoms with Gasteiger partial charge in [-0.2, -0.15) is 0 Å². The Morgan fingerprint density at radius 3 is 2.56 bits per heavy atom. The van der Waals surface area contributed by atoms with Crippen molar-refractivity contribution in [3.8, 4) is 11.5 Å². The minimum Gasteiger partial charge on any atom is -0.504 e. The molecule has 0 aliphatic carbocycles. The Hall–Kier alpha value is -2.08. The molecule has 2 aromatic rings. The number of ether oxygens (including phenoxy) is 2. The van der Waals surface area contributed by atoms with E-state index in [1.165, 1.54) is 11.1 Å². The van der Waals surface area contributed by atoms with Crippen LogP contribution < -0.4 is 10.1 Å². The zero-order valence-electron chi connectivity index (χ0n) is 14.7. The minimum atomic E-state index is 0.175. The Balaban J connectivity index is 1.56. The second-order valence-electron chi connectivity index (χ2n) is 6.27. The highest BCUT2D eigenvalue weighted by Crippen LogP contribution is 2.26. The molecule has 0 aromatic heterocycles. The number of morpholine rings is 1. The molecule has 5 nitrogen and oxygen atoms in total. The molecule has 1 aliphatic rings. The van der Waals surface area contributed by atoms with Gasteiger partial charge in [0.15, 0.2) is 11.5 Å². The highest BCUT2D eigenvalue weighted by Gasteiger charge is 2.12. The Morgan fingerprint density at radius 1 is 1.08 bits per heavy atom. The molecule has 25 heavy (non-hydrogen) atoms. The van der Waals surface area contributed by atoms with Crippen LogP contribution in [0.15, 0.2) is 42.5 Å². The summed E-state index contributed by atoms with van der Waals surface area (Å²) in [5.41, 5.74) is 3.70. The summed E-state index contributed by atoms with van der Waals surface area (Å²) >= 11 is 0. The van der Waals surface area contributed by atoms with Crippen molar-refractivity contribution in [2.24, 2.45) is 0 Å². The molecule has 0 spiro atoms. The minimum absolute atomic E-state index is 0.175. The van der Waals surface area contributed by atoms with E-state index in [0.29, 0.717) is 12.3 Å². The van der Waals surface area contributed by atoms with E-state index in [1.54, 1.807) is 19.2 Å². The van der Waals surface area contributed by atoms with Crippen LogP contribution in [0.3, 0.4) is 0 Å². The lowest BCUT2D eigenvalue weighted by atomic mass is 10.1. The lowest BCUT2D eigenvalue weighted by Gasteiger charge is -2.27. The molecule has 1 aliphatic heterocycles. The van der Waals surface area contributed by atoms with Crippen LogP contribution in [0.4, 0.5) is 0 Å². The maximum absolute atomic E-state index is 9.87. The fourth-order valence-electron chi connectivity index (χ4n) is 3.07. The summed E-state index contributed by atoms with van der Waals surface area (Å²) in [4.78, 5) is 2.43. The molecule has 1 heterocycles. The molecule has 0 radical (unpaired) electrons. The van der Waals surface area contributed by atoms with Crippen molar-refractivity contribution in [2.45, 2.75) is 19.6 Å². The zero-order valence-corrected chi connectivity index (χ0v) is 14.7. The molecule has 1 fully saturated rings. The van der Waals surface area contributed by atoms with Crippen LogP contribution >= 0.6 is 0 Å². The van der Waals surface area contributed by atoms with E-state index in [-0.39, 0.29) is 5.75 Å². The molecule has 0 bridgehead atoms. The highest BCUT2D eigenvalue weighted by atomic mass is 16.5. The number of nitrogens with one attached hydrogen (secondary N) is 1. The number of hydrogen-bond donors (Lipinski definition) is 2. The summed E-state index contributed by atoms with van der Waals surface area (Å²) in [5, 5.41) is 13.3. The largest absolute Gasteiger partial charge is 0.504 e. The average Bonchev–Trinajstić information content (AvgIpc) is 2.64. The fourth-order valence-corrected chi connectivity index (χ4v) is 3.07. The molecule has 0 saturated carbocycles. The van der Waals surface area contributed by atoms with E-state index >= 15 is 0 Å². The molecule has 134 valence electrons. The third kappa shape index (κ3) is 4.95. The maximum atomic E-state index is 9.87. The molecule has 0 atom stereocenters. The monoisotopic (exact) mass is 342 g/mol. The number of hydrogen-bond acceptors (Lipinski definition) is 5. The van der Waals surface area contributed by atoms with E-state index in [9.17, 15) is 5.11 Å². The van der Waals surface area contributed by atoms with E-state index in [2.05, 4.69) is 34.5 Å². The van der Waals surface area contributed by atoms with Crippen molar-refractivity contribution in [3.05, 3.63) is 59.2 Å². The van der Waals surface area contributed by atoms with Gasteiger partial charge in [0.1, 0.15) is 0 Å². The average molecular weight is 342 g/mol. The Kier molecular flexibility index (Phi) is 6.28. The summed E-state index contributed by atoms with van der Waals surface area (Å²) in [6.07, 6.45) is 0. The summed E-state index contributed by atoms with van der Waals surface area (Å²) in [5.74, 6) is 0.675. The van der Waals surface area contributed by atoms with Gasteiger partial charge < -0.3 is 19.9 Å². The predicted octanol–water partition coefficient (Wildman–Crippen LogP) is 2.52. The number of phenolic OH excluding ortho intramolecular Hbond substituents is 1. The van der Waals surface area contributed by atoms with Crippen LogP contribution in [0.5, 0.6) is 11.5 Å². The van der Waals surface area contributed by atoms with Crippen LogP contribution in [0.25, 0.3) is 0 Å². The normalized spacial score (nSPS) is 15.2. The van der Waals surface area contributed by atoms with Crippen LogP contribution in [0, 0.1) is 0 Å². The van der Waals surface area contributed by atoms with Gasteiger partial charge in [-0.05, 0) is 28.8 Å². The van der Waals surface area contributed by atoms with Gasteiger partial charge in [-0.1, -0.05) is 30.3 Å². The predicted molar refractivity (Wildman–Crippen MR) is 97.7 cm³/mol. The summed E-state index contributed by atoms with van der Waals surface area (Å²) in [6, 6.07) is 14.1. The summed E-state index contributed by atoms with van der Waals surface area (Å²) in [7, 11) is 1.55. The molecule has 5 heteroatoms. The van der Waals surface area contributed by atoms with Gasteiger partial charge in [0.2, 0.25) is 0 Å². The zero-order chi connectivity index (χ0) is 17.5. The van der Waals surface area contributed by atoms with Gasteiger partial charge in [0.25, 0.3) is 0 Å². The maximum Gasteiger partial charge on any atom is 0.160 e. The smallest absolute Gasteiger partial charge is 0.160 e. The van der Waals surface area contributed by atoms with Crippen molar-refractivity contribution in [3.63, 3.8) is 0 Å². The number of aromatic hydroxyl groups is 1. The fraction of sp³-hybridized carbons (Fsp3) is 0.400. The van der Waals surface area contributed by atoms with Gasteiger partial charge >= 0.3 is 0 Å². The van der Waals surface area contributed by atoms with Gasteiger partial charge in [0, 0.05) is 32.7 Å². The van der Waals surface area contributed by atoms with Crippen molar-refractivity contribution < 1.29 is 14.6 Å². The SMILES string of the molecule is COc1ccc(CNCc2ccccc2CN2CCOCC2)cc1O. The third-order valence-corrected chi connectivity index (χ3v) is 4.50. The number of nitrogens with zero attached hydrogens (tertiary/aromatic N) is 1. The van der Waals surface area contributed by atoms with Crippen molar-refractivity contribution >= 4 is 0 Å². The van der Waals surface area contributed by atoms with E-state index in [1.807, 2.05) is 6.07 Å². The van der Waals surface area contributed by atoms with Gasteiger partial charge in [-0.25, -0.2) is 0 Å². The number of rotatable bonds is 7. The summed E-state index contributed by atoms with van der Waals surface area (Å²) in [6.45, 7) is 6.09. The molecule has 2 aromatic carbocycles. The van der Waals surface area contributed by atoms with Crippen molar-refractivity contribution in [2.75, 3.05) is 33.4 Å². The number of methoxy groups -OCH3 is 1. The lowest BCUT2D eigenvalue weighted by molar-refractivity contribution is 0.0340. The first-order valence-electron chi connectivity index (χ1n) is 8.70. The van der Waals surface area contributed by atoms with Crippen LogP contribution in [-0.2, 0) is 24.4 Å². The van der Waals surface area contributed by atoms with E-state index in [4.69, 9.17) is 9.47 Å². The second-order valence-corrected chi connectivity index (χ2v) is 6.27. The standard InChI is InChI=1S/C20H26N2O3/c1-24-20-7-6-16(12-19(20)23)13-21-14-17-4-2-3-5-18(17)15-22-8-10-25-11-9-22/h2-7,12,21,23H,8-11,13-15H2,1H3. The van der Waals surface area contributed by atoms with E-state index in [0.717, 1.165) is 45.0 Å². The molecule has 3 rings (SSSR count). The molecular formula is C20H26N2O3. The molecular weight excluding hydrogens is 316 g/mol. The first-order chi connectivity index (χ1) is 12.3. The van der Waals surface area contributed by atoms with Crippen LogP contribution in [0.1, 0.15) is 16.7 Å². The molecule has 1 saturated heterocycles. The molecule has 0 unspecified atom stereocenters. The topological polar surface area (TPSA) is 54.0 Å². The number of phenols is 1. The first kappa shape index (κ1) is 17.7. The lowest BCUT2D eigenvalue weighted by Crippen LogP contribution is -2.36. The quantitative estimate of drug-likeness (QED) is 0.810. The highest BCUT2D eigenvalue weighted by molar-refractivity contribution is 5.41. The Labute approximate surface area is 149 Å². The Bertz CT molecular complexity index is 684. The van der Waals surface area contributed by atoms with Gasteiger partial charge in [-0.3, -0.25) is 4.90 Å². The Morgan fingerprint density at radius 2 is 1.84 bits per heavy atom. The number of benzene rings is 2. The molecule has 2 N–H and O–H groups in total. The van der Waals surface area contributed by atoms with Crippen LogP contribution in [0.2, 0.25) is 0 Å². The third-order valence-electron chi connectivity index (χ3n) is 4.50. The van der Waals surface area contributed by atoms with Gasteiger partial charge in [0.05, 0.1) is 20.3 Å². The van der Waals surface area contributed by atoms with E-state index < -0.39 is 0 Å². The molecule has 0 amide bonds. The van der Waals surface area contributed by atoms with Crippen LogP contribution in [-0.4, -0.2) is 43.4 Å². The second kappa shape index (κ2) is 8.85. The van der Waals surface area contributed by atoms with Crippen molar-refractivity contribution in [1.82, 2.24) is 10.2 Å². The first-order valence-corrected chi connectivity index (χ1v) is 8.70.